The van der Waals surface area contributed by atoms with Crippen molar-refractivity contribution < 1.29 is 19.6 Å². The van der Waals surface area contributed by atoms with Crippen LogP contribution in [0.1, 0.15) is 18.5 Å². The Bertz CT molecular complexity index is 416. The smallest absolute Gasteiger partial charge is 0.269 e. The summed E-state index contributed by atoms with van der Waals surface area (Å²) in [5.41, 5.74) is 0.451. The maximum atomic E-state index is 10.8. The number of nitrogens with one attached hydrogen (secondary N) is 1. The number of carbonyl (C=O) groups excluding carboxylic acids is 2. The van der Waals surface area contributed by atoms with Crippen LogP contribution in [0.2, 0.25) is 0 Å². The molecule has 1 aromatic carbocycles. The molecule has 0 aliphatic rings. The fourth-order valence-electron chi connectivity index (χ4n) is 1.22. The minimum atomic E-state index is -0.765. The zero-order valence-electron chi connectivity index (χ0n) is 9.99. The summed E-state index contributed by atoms with van der Waals surface area (Å²) in [5.74, 6) is -0.338. The molecule has 0 aliphatic heterocycles. The average Bonchev–Trinajstić information content (AvgIpc) is 2.38. The Kier molecular flexibility index (Phi) is 6.91. The molecule has 0 radical (unpaired) electrons. The fraction of sp³-hybridized carbons (Fsp3) is 0.273. The predicted molar refractivity (Wildman–Crippen MR) is 63.9 cm³/mol. The lowest BCUT2D eigenvalue weighted by Crippen LogP contribution is -2.26. The lowest BCUT2D eigenvalue weighted by atomic mass is 10.1. The van der Waals surface area contributed by atoms with Gasteiger partial charge in [-0.05, 0) is 17.7 Å². The summed E-state index contributed by atoms with van der Waals surface area (Å²) in [4.78, 5) is 31.4. The molecule has 18 heavy (non-hydrogen) atoms. The molecule has 0 bridgehead atoms. The van der Waals surface area contributed by atoms with Crippen molar-refractivity contribution in [3.8, 4) is 0 Å². The van der Waals surface area contributed by atoms with Gasteiger partial charge in [0.2, 0.25) is 5.91 Å². The first-order valence-electron chi connectivity index (χ1n) is 4.96. The van der Waals surface area contributed by atoms with Gasteiger partial charge in [0.05, 0.1) is 4.92 Å². The second-order valence-corrected chi connectivity index (χ2v) is 3.16. The highest BCUT2D eigenvalue weighted by Gasteiger charge is 2.12. The summed E-state index contributed by atoms with van der Waals surface area (Å²) in [7, 11) is 1.00. The second-order valence-electron chi connectivity index (χ2n) is 3.16. The molecule has 2 N–H and O–H groups in total. The second kappa shape index (κ2) is 7.91. The number of nitro benzene ring substituents is 1. The van der Waals surface area contributed by atoms with Crippen molar-refractivity contribution in [2.75, 3.05) is 7.11 Å². The summed E-state index contributed by atoms with van der Waals surface area (Å²) in [6.45, 7) is 1.29. The molecule has 0 fully saturated rings. The Morgan fingerprint density at radius 3 is 2.22 bits per heavy atom. The normalized spacial score (nSPS) is 10.6. The maximum absolute atomic E-state index is 10.8. The van der Waals surface area contributed by atoms with Gasteiger partial charge in [0.15, 0.2) is 0 Å². The van der Waals surface area contributed by atoms with E-state index < -0.39 is 11.0 Å². The van der Waals surface area contributed by atoms with E-state index in [0.29, 0.717) is 11.8 Å². The molecule has 1 unspecified atom stereocenters. The largest absolute Gasteiger partial charge is 0.400 e. The van der Waals surface area contributed by atoms with Crippen LogP contribution in [-0.2, 0) is 9.59 Å². The number of hydrogen-bond donors (Lipinski definition) is 2. The summed E-state index contributed by atoms with van der Waals surface area (Å²) >= 11 is 0. The number of aldehydes is 1. The Labute approximate surface area is 104 Å². The SMILES string of the molecule is CC(=O)NC(C=O)c1ccc([N+](=O)[O-])cc1.CO. The molecule has 0 saturated heterocycles. The Hall–Kier alpha value is -2.28. The van der Waals surface area contributed by atoms with Crippen LogP contribution in [0.4, 0.5) is 5.69 Å². The number of carbonyl (C=O) groups is 2. The number of rotatable bonds is 4. The van der Waals surface area contributed by atoms with Crippen molar-refractivity contribution in [3.05, 3.63) is 39.9 Å². The van der Waals surface area contributed by atoms with Gasteiger partial charge in [0.1, 0.15) is 12.3 Å². The van der Waals surface area contributed by atoms with Crippen molar-refractivity contribution >= 4 is 17.9 Å². The monoisotopic (exact) mass is 254 g/mol. The van der Waals surface area contributed by atoms with Crippen LogP contribution in [0, 0.1) is 10.1 Å². The van der Waals surface area contributed by atoms with Gasteiger partial charge in [0.25, 0.3) is 5.69 Å². The van der Waals surface area contributed by atoms with Crippen LogP contribution < -0.4 is 5.32 Å². The fourth-order valence-corrected chi connectivity index (χ4v) is 1.22. The summed E-state index contributed by atoms with van der Waals surface area (Å²) < 4.78 is 0. The summed E-state index contributed by atoms with van der Waals surface area (Å²) in [5, 5.41) is 19.8. The first kappa shape index (κ1) is 15.7. The number of nitrogens with zero attached hydrogens (tertiary/aromatic N) is 1. The number of amides is 1. The van der Waals surface area contributed by atoms with Gasteiger partial charge in [-0.2, -0.15) is 0 Å². The number of aliphatic hydroxyl groups excluding tert-OH is 1. The van der Waals surface area contributed by atoms with E-state index in [-0.39, 0.29) is 11.6 Å². The van der Waals surface area contributed by atoms with Gasteiger partial charge in [-0.3, -0.25) is 14.9 Å². The molecule has 0 aromatic heterocycles. The third-order valence-electron chi connectivity index (χ3n) is 1.96. The number of benzene rings is 1. The molecule has 1 aromatic rings. The highest BCUT2D eigenvalue weighted by atomic mass is 16.6. The standard InChI is InChI=1S/C10H10N2O4.CH4O/c1-7(14)11-10(6-13)8-2-4-9(5-3-8)12(15)16;1-2/h2-6,10H,1H3,(H,11,14);2H,1H3. The lowest BCUT2D eigenvalue weighted by Gasteiger charge is -2.10. The topological polar surface area (TPSA) is 110 Å². The minimum Gasteiger partial charge on any atom is -0.400 e. The molecule has 1 amide bonds. The van der Waals surface area contributed by atoms with E-state index in [1.165, 1.54) is 31.2 Å². The van der Waals surface area contributed by atoms with Crippen LogP contribution >= 0.6 is 0 Å². The van der Waals surface area contributed by atoms with Gasteiger partial charge in [-0.15, -0.1) is 0 Å². The third-order valence-corrected chi connectivity index (χ3v) is 1.96. The van der Waals surface area contributed by atoms with E-state index in [2.05, 4.69) is 5.32 Å². The van der Waals surface area contributed by atoms with Crippen molar-refractivity contribution in [3.63, 3.8) is 0 Å². The van der Waals surface area contributed by atoms with Crippen molar-refractivity contribution in [1.82, 2.24) is 5.32 Å². The van der Waals surface area contributed by atoms with E-state index in [1.54, 1.807) is 0 Å². The van der Waals surface area contributed by atoms with Gasteiger partial charge in [0, 0.05) is 26.2 Å². The van der Waals surface area contributed by atoms with E-state index in [1.807, 2.05) is 0 Å². The van der Waals surface area contributed by atoms with E-state index >= 15 is 0 Å². The molecule has 0 heterocycles. The van der Waals surface area contributed by atoms with Gasteiger partial charge < -0.3 is 15.2 Å². The van der Waals surface area contributed by atoms with E-state index in [4.69, 9.17) is 5.11 Å². The number of non-ortho nitro benzene ring substituents is 1. The van der Waals surface area contributed by atoms with Crippen molar-refractivity contribution in [2.24, 2.45) is 0 Å². The molecule has 1 rings (SSSR count). The number of hydrogen-bond acceptors (Lipinski definition) is 5. The predicted octanol–water partition coefficient (Wildman–Crippen LogP) is 0.579. The van der Waals surface area contributed by atoms with Crippen molar-refractivity contribution in [1.29, 1.82) is 0 Å². The van der Waals surface area contributed by atoms with E-state index in [9.17, 15) is 19.7 Å². The maximum Gasteiger partial charge on any atom is 0.269 e. The molecule has 1 atom stereocenters. The number of aliphatic hydroxyl groups is 1. The highest BCUT2D eigenvalue weighted by molar-refractivity contribution is 5.78. The summed E-state index contributed by atoms with van der Waals surface area (Å²) in [6, 6.07) is 4.68. The van der Waals surface area contributed by atoms with Crippen LogP contribution in [-0.4, -0.2) is 29.3 Å². The van der Waals surface area contributed by atoms with Gasteiger partial charge in [-0.1, -0.05) is 0 Å². The molecule has 0 spiro atoms. The first-order valence-corrected chi connectivity index (χ1v) is 4.96. The quantitative estimate of drug-likeness (QED) is 0.464. The van der Waals surface area contributed by atoms with Crippen LogP contribution in [0.3, 0.4) is 0 Å². The third kappa shape index (κ3) is 4.71. The Balaban J connectivity index is 0.00000137. The van der Waals surface area contributed by atoms with Gasteiger partial charge in [-0.25, -0.2) is 0 Å². The van der Waals surface area contributed by atoms with Crippen LogP contribution in [0.25, 0.3) is 0 Å². The highest BCUT2D eigenvalue weighted by Crippen LogP contribution is 2.16. The first-order chi connectivity index (χ1) is 8.54. The molecular formula is C11H14N2O5. The zero-order chi connectivity index (χ0) is 14.1. The zero-order valence-corrected chi connectivity index (χ0v) is 9.99. The minimum absolute atomic E-state index is 0.0591. The van der Waals surface area contributed by atoms with Crippen LogP contribution in [0.15, 0.2) is 24.3 Å². The Morgan fingerprint density at radius 1 is 1.39 bits per heavy atom. The lowest BCUT2D eigenvalue weighted by molar-refractivity contribution is -0.384. The Morgan fingerprint density at radius 2 is 1.89 bits per heavy atom. The molecule has 0 saturated carbocycles. The molecule has 7 heteroatoms. The average molecular weight is 254 g/mol. The van der Waals surface area contributed by atoms with Gasteiger partial charge >= 0.3 is 0 Å². The molecule has 98 valence electrons. The molecule has 7 nitrogen and oxygen atoms in total. The molecular weight excluding hydrogens is 240 g/mol. The summed E-state index contributed by atoms with van der Waals surface area (Å²) in [6.07, 6.45) is 0.572. The van der Waals surface area contributed by atoms with Crippen LogP contribution in [0.5, 0.6) is 0 Å². The number of nitro groups is 1. The van der Waals surface area contributed by atoms with E-state index in [0.717, 1.165) is 7.11 Å². The molecule has 0 aliphatic carbocycles. The van der Waals surface area contributed by atoms with Crippen molar-refractivity contribution in [2.45, 2.75) is 13.0 Å².